The molecule has 0 unspecified atom stereocenters. The fourth-order valence-corrected chi connectivity index (χ4v) is 3.67. The number of halogens is 1. The molecule has 0 spiro atoms. The number of nitrogens with two attached hydrogens (primary N) is 1. The zero-order valence-corrected chi connectivity index (χ0v) is 17.4. The van der Waals surface area contributed by atoms with Gasteiger partial charge in [0.15, 0.2) is 11.0 Å². The van der Waals surface area contributed by atoms with Gasteiger partial charge in [0.25, 0.3) is 0 Å². The number of primary amides is 1. The van der Waals surface area contributed by atoms with Gasteiger partial charge in [-0.3, -0.25) is 19.1 Å². The summed E-state index contributed by atoms with van der Waals surface area (Å²) in [4.78, 5) is 27.6. The van der Waals surface area contributed by atoms with E-state index in [1.54, 1.807) is 53.4 Å². The number of anilines is 1. The van der Waals surface area contributed by atoms with Crippen molar-refractivity contribution < 1.29 is 14.0 Å². The second-order valence-electron chi connectivity index (χ2n) is 6.63. The number of carbonyl (C=O) groups excluding carboxylic acids is 2. The van der Waals surface area contributed by atoms with Crippen molar-refractivity contribution in [3.63, 3.8) is 0 Å². The Morgan fingerprint density at radius 1 is 0.969 bits per heavy atom. The van der Waals surface area contributed by atoms with Crippen LogP contribution in [0, 0.1) is 5.82 Å². The molecular weight excluding hydrogens is 431 g/mol. The fraction of sp³-hybridized carbons (Fsp3) is 0.0455. The summed E-state index contributed by atoms with van der Waals surface area (Å²) in [7, 11) is 0. The van der Waals surface area contributed by atoms with E-state index in [1.165, 1.54) is 36.0 Å². The third-order valence-electron chi connectivity index (χ3n) is 4.44. The van der Waals surface area contributed by atoms with Crippen LogP contribution in [0.5, 0.6) is 0 Å². The standard InChI is InChI=1S/C22H17FN6O2S/c23-16-3-7-18(8-4-16)29-21(15-9-11-25-12-10-15)27-28-22(29)32-13-19(30)26-17-5-1-14(2-6-17)20(24)31/h1-12H,13H2,(H2,24,31)(H,26,30). The first-order chi connectivity index (χ1) is 15.5. The van der Waals surface area contributed by atoms with E-state index in [9.17, 15) is 14.0 Å². The summed E-state index contributed by atoms with van der Waals surface area (Å²) in [5.74, 6) is -0.551. The van der Waals surface area contributed by atoms with E-state index in [0.29, 0.717) is 27.9 Å². The third kappa shape index (κ3) is 4.81. The van der Waals surface area contributed by atoms with Crippen LogP contribution in [-0.4, -0.2) is 37.3 Å². The molecule has 4 rings (SSSR count). The molecule has 0 fully saturated rings. The van der Waals surface area contributed by atoms with Crippen molar-refractivity contribution in [2.24, 2.45) is 5.73 Å². The minimum atomic E-state index is -0.538. The minimum absolute atomic E-state index is 0.0627. The van der Waals surface area contributed by atoms with Crippen molar-refractivity contribution in [3.05, 3.63) is 84.4 Å². The second-order valence-corrected chi connectivity index (χ2v) is 7.57. The molecule has 2 amide bonds. The summed E-state index contributed by atoms with van der Waals surface area (Å²) in [5.41, 5.74) is 7.56. The maximum atomic E-state index is 13.4. The summed E-state index contributed by atoms with van der Waals surface area (Å²) in [6.07, 6.45) is 3.28. The molecule has 2 heterocycles. The van der Waals surface area contributed by atoms with E-state index in [4.69, 9.17) is 5.73 Å². The first-order valence-electron chi connectivity index (χ1n) is 9.45. The van der Waals surface area contributed by atoms with E-state index < -0.39 is 5.91 Å². The normalized spacial score (nSPS) is 10.7. The van der Waals surface area contributed by atoms with E-state index in [2.05, 4.69) is 20.5 Å². The van der Waals surface area contributed by atoms with E-state index in [-0.39, 0.29) is 17.5 Å². The van der Waals surface area contributed by atoms with Crippen molar-refractivity contribution in [3.8, 4) is 17.1 Å². The minimum Gasteiger partial charge on any atom is -0.366 e. The molecule has 160 valence electrons. The van der Waals surface area contributed by atoms with Crippen LogP contribution >= 0.6 is 11.8 Å². The Morgan fingerprint density at radius 3 is 2.31 bits per heavy atom. The number of amides is 2. The molecule has 10 heteroatoms. The first-order valence-corrected chi connectivity index (χ1v) is 10.4. The average molecular weight is 448 g/mol. The van der Waals surface area contributed by atoms with Crippen LogP contribution in [0.4, 0.5) is 10.1 Å². The highest BCUT2D eigenvalue weighted by molar-refractivity contribution is 7.99. The number of aromatic nitrogens is 4. The van der Waals surface area contributed by atoms with Crippen LogP contribution < -0.4 is 11.1 Å². The molecule has 0 atom stereocenters. The number of hydrogen-bond acceptors (Lipinski definition) is 6. The monoisotopic (exact) mass is 448 g/mol. The summed E-state index contributed by atoms with van der Waals surface area (Å²) in [6.45, 7) is 0. The number of hydrogen-bond donors (Lipinski definition) is 2. The Hall–Kier alpha value is -4.05. The van der Waals surface area contributed by atoms with Gasteiger partial charge in [-0.25, -0.2) is 4.39 Å². The maximum Gasteiger partial charge on any atom is 0.248 e. The number of pyridine rings is 1. The predicted molar refractivity (Wildman–Crippen MR) is 119 cm³/mol. The lowest BCUT2D eigenvalue weighted by Crippen LogP contribution is -2.15. The van der Waals surface area contributed by atoms with Crippen LogP contribution in [0.1, 0.15) is 10.4 Å². The quantitative estimate of drug-likeness (QED) is 0.419. The number of thioether (sulfide) groups is 1. The highest BCUT2D eigenvalue weighted by Crippen LogP contribution is 2.28. The molecule has 8 nitrogen and oxygen atoms in total. The fourth-order valence-electron chi connectivity index (χ4n) is 2.92. The Morgan fingerprint density at radius 2 is 1.66 bits per heavy atom. The summed E-state index contributed by atoms with van der Waals surface area (Å²) >= 11 is 1.19. The lowest BCUT2D eigenvalue weighted by atomic mass is 10.2. The molecule has 0 saturated carbocycles. The lowest BCUT2D eigenvalue weighted by Gasteiger charge is -2.10. The maximum absolute atomic E-state index is 13.4. The van der Waals surface area contributed by atoms with Crippen LogP contribution in [0.2, 0.25) is 0 Å². The van der Waals surface area contributed by atoms with E-state index >= 15 is 0 Å². The van der Waals surface area contributed by atoms with Gasteiger partial charge >= 0.3 is 0 Å². The van der Waals surface area contributed by atoms with Gasteiger partial charge in [0.05, 0.1) is 5.75 Å². The van der Waals surface area contributed by atoms with Gasteiger partial charge in [-0.15, -0.1) is 10.2 Å². The second kappa shape index (κ2) is 9.40. The molecule has 0 radical (unpaired) electrons. The highest BCUT2D eigenvalue weighted by Gasteiger charge is 2.17. The molecule has 0 saturated heterocycles. The van der Waals surface area contributed by atoms with Crippen LogP contribution in [0.15, 0.2) is 78.2 Å². The molecule has 0 aliphatic heterocycles. The molecule has 3 N–H and O–H groups in total. The Bertz CT molecular complexity index is 1240. The first kappa shape index (κ1) is 21.2. The summed E-state index contributed by atoms with van der Waals surface area (Å²) in [5, 5.41) is 11.7. The van der Waals surface area contributed by atoms with Crippen molar-refractivity contribution in [1.82, 2.24) is 19.7 Å². The number of nitrogens with one attached hydrogen (secondary N) is 1. The van der Waals surface area contributed by atoms with Gasteiger partial charge < -0.3 is 11.1 Å². The summed E-state index contributed by atoms with van der Waals surface area (Å²) in [6, 6.07) is 15.8. The van der Waals surface area contributed by atoms with Crippen molar-refractivity contribution in [2.75, 3.05) is 11.1 Å². The van der Waals surface area contributed by atoms with E-state index in [0.717, 1.165) is 5.56 Å². The van der Waals surface area contributed by atoms with Gasteiger partial charge in [0.1, 0.15) is 5.82 Å². The number of benzene rings is 2. The molecule has 32 heavy (non-hydrogen) atoms. The number of carbonyl (C=O) groups is 2. The van der Waals surface area contributed by atoms with Gasteiger partial charge in [0.2, 0.25) is 11.8 Å². The lowest BCUT2D eigenvalue weighted by molar-refractivity contribution is -0.113. The Labute approximate surface area is 186 Å². The van der Waals surface area contributed by atoms with E-state index in [1.807, 2.05) is 0 Å². The Kier molecular flexibility index (Phi) is 6.22. The third-order valence-corrected chi connectivity index (χ3v) is 5.37. The van der Waals surface area contributed by atoms with Gasteiger partial charge in [-0.05, 0) is 60.7 Å². The van der Waals surface area contributed by atoms with Crippen LogP contribution in [-0.2, 0) is 4.79 Å². The topological polar surface area (TPSA) is 116 Å². The van der Waals surface area contributed by atoms with Gasteiger partial charge in [-0.1, -0.05) is 11.8 Å². The zero-order valence-electron chi connectivity index (χ0n) is 16.6. The largest absolute Gasteiger partial charge is 0.366 e. The smallest absolute Gasteiger partial charge is 0.248 e. The number of nitrogens with zero attached hydrogens (tertiary/aromatic N) is 4. The molecule has 4 aromatic rings. The molecule has 2 aromatic carbocycles. The highest BCUT2D eigenvalue weighted by atomic mass is 32.2. The van der Waals surface area contributed by atoms with Crippen molar-refractivity contribution in [2.45, 2.75) is 5.16 Å². The summed E-state index contributed by atoms with van der Waals surface area (Å²) < 4.78 is 15.2. The van der Waals surface area contributed by atoms with Crippen molar-refractivity contribution in [1.29, 1.82) is 0 Å². The van der Waals surface area contributed by atoms with Crippen LogP contribution in [0.25, 0.3) is 17.1 Å². The van der Waals surface area contributed by atoms with Crippen molar-refractivity contribution >= 4 is 29.3 Å². The molecule has 2 aromatic heterocycles. The molecule has 0 aliphatic carbocycles. The van der Waals surface area contributed by atoms with Gasteiger partial charge in [-0.2, -0.15) is 0 Å². The number of rotatable bonds is 7. The van der Waals surface area contributed by atoms with Crippen LogP contribution in [0.3, 0.4) is 0 Å². The zero-order chi connectivity index (χ0) is 22.5. The van der Waals surface area contributed by atoms with Gasteiger partial charge in [0, 0.05) is 34.9 Å². The molecule has 0 aliphatic rings. The molecular formula is C22H17FN6O2S. The molecule has 0 bridgehead atoms. The average Bonchev–Trinajstić information content (AvgIpc) is 3.23. The predicted octanol–water partition coefficient (Wildman–Crippen LogP) is 3.30. The SMILES string of the molecule is NC(=O)c1ccc(NC(=O)CSc2nnc(-c3ccncc3)n2-c2ccc(F)cc2)cc1. The Balaban J connectivity index is 1.54.